The van der Waals surface area contributed by atoms with Crippen molar-refractivity contribution in [3.8, 4) is 5.75 Å². The molecule has 0 amide bonds. The molecule has 84 valence electrons. The first-order valence-electron chi connectivity index (χ1n) is 5.16. The minimum atomic E-state index is -0.223. The Morgan fingerprint density at radius 2 is 1.81 bits per heavy atom. The lowest BCUT2D eigenvalue weighted by molar-refractivity contribution is 0.414. The van der Waals surface area contributed by atoms with E-state index in [9.17, 15) is 0 Å². The first-order valence-corrected chi connectivity index (χ1v) is 5.16. The van der Waals surface area contributed by atoms with E-state index in [2.05, 4.69) is 0 Å². The molecule has 0 radical (unpaired) electrons. The number of nitrogens with two attached hydrogens (primary N) is 1. The average molecular weight is 217 g/mol. The van der Waals surface area contributed by atoms with Crippen LogP contribution in [0, 0.1) is 6.92 Å². The van der Waals surface area contributed by atoms with Gasteiger partial charge in [-0.05, 0) is 36.8 Å². The van der Waals surface area contributed by atoms with Crippen LogP contribution in [0.3, 0.4) is 0 Å². The minimum absolute atomic E-state index is 0.223. The average Bonchev–Trinajstić information content (AvgIpc) is 2.75. The number of hydrogen-bond acceptors (Lipinski definition) is 3. The fourth-order valence-electron chi connectivity index (χ4n) is 1.60. The van der Waals surface area contributed by atoms with Crippen molar-refractivity contribution in [2.24, 2.45) is 5.73 Å². The van der Waals surface area contributed by atoms with Crippen LogP contribution in [0.5, 0.6) is 5.75 Å². The van der Waals surface area contributed by atoms with E-state index in [4.69, 9.17) is 14.9 Å². The zero-order chi connectivity index (χ0) is 11.5. The Kier molecular flexibility index (Phi) is 2.97. The SMILES string of the molecule is COc1ccc(C(N)c2ccc(C)o2)cc1. The smallest absolute Gasteiger partial charge is 0.125 e. The highest BCUT2D eigenvalue weighted by atomic mass is 16.5. The molecule has 1 unspecified atom stereocenters. The maximum absolute atomic E-state index is 6.09. The minimum Gasteiger partial charge on any atom is -0.497 e. The van der Waals surface area contributed by atoms with E-state index in [0.29, 0.717) is 0 Å². The molecule has 16 heavy (non-hydrogen) atoms. The molecule has 0 bridgehead atoms. The van der Waals surface area contributed by atoms with Gasteiger partial charge in [-0.25, -0.2) is 0 Å². The summed E-state index contributed by atoms with van der Waals surface area (Å²) in [4.78, 5) is 0. The zero-order valence-corrected chi connectivity index (χ0v) is 9.44. The molecule has 0 saturated heterocycles. The summed E-state index contributed by atoms with van der Waals surface area (Å²) in [6, 6.07) is 11.3. The highest BCUT2D eigenvalue weighted by Gasteiger charge is 2.12. The zero-order valence-electron chi connectivity index (χ0n) is 9.44. The maximum atomic E-state index is 6.09. The quantitative estimate of drug-likeness (QED) is 0.859. The van der Waals surface area contributed by atoms with Crippen molar-refractivity contribution in [1.82, 2.24) is 0 Å². The van der Waals surface area contributed by atoms with Crippen LogP contribution in [-0.4, -0.2) is 7.11 Å². The molecule has 1 aromatic heterocycles. The molecule has 0 aliphatic carbocycles. The van der Waals surface area contributed by atoms with E-state index >= 15 is 0 Å². The van der Waals surface area contributed by atoms with Crippen molar-refractivity contribution in [1.29, 1.82) is 0 Å². The number of furan rings is 1. The molecule has 1 aromatic carbocycles. The van der Waals surface area contributed by atoms with Crippen LogP contribution in [0.4, 0.5) is 0 Å². The molecule has 2 aromatic rings. The highest BCUT2D eigenvalue weighted by Crippen LogP contribution is 2.23. The Balaban J connectivity index is 2.23. The molecule has 0 aliphatic heterocycles. The van der Waals surface area contributed by atoms with Crippen LogP contribution in [-0.2, 0) is 0 Å². The Morgan fingerprint density at radius 1 is 1.12 bits per heavy atom. The number of methoxy groups -OCH3 is 1. The third-order valence-corrected chi connectivity index (χ3v) is 2.54. The van der Waals surface area contributed by atoms with Crippen LogP contribution >= 0.6 is 0 Å². The van der Waals surface area contributed by atoms with Gasteiger partial charge in [-0.3, -0.25) is 0 Å². The monoisotopic (exact) mass is 217 g/mol. The predicted molar refractivity (Wildman–Crippen MR) is 62.5 cm³/mol. The van der Waals surface area contributed by atoms with Gasteiger partial charge in [0.25, 0.3) is 0 Å². The van der Waals surface area contributed by atoms with Crippen molar-refractivity contribution in [3.63, 3.8) is 0 Å². The van der Waals surface area contributed by atoms with E-state index < -0.39 is 0 Å². The van der Waals surface area contributed by atoms with Crippen molar-refractivity contribution in [2.75, 3.05) is 7.11 Å². The molecule has 0 aliphatic rings. The van der Waals surface area contributed by atoms with E-state index in [-0.39, 0.29) is 6.04 Å². The molecule has 2 rings (SSSR count). The van der Waals surface area contributed by atoms with Crippen LogP contribution < -0.4 is 10.5 Å². The summed E-state index contributed by atoms with van der Waals surface area (Å²) >= 11 is 0. The van der Waals surface area contributed by atoms with Gasteiger partial charge in [-0.15, -0.1) is 0 Å². The molecular weight excluding hydrogens is 202 g/mol. The second-order valence-electron chi connectivity index (χ2n) is 3.70. The van der Waals surface area contributed by atoms with Crippen LogP contribution in [0.15, 0.2) is 40.8 Å². The summed E-state index contributed by atoms with van der Waals surface area (Å²) in [5, 5.41) is 0. The lowest BCUT2D eigenvalue weighted by Crippen LogP contribution is -2.10. The Hall–Kier alpha value is -1.74. The highest BCUT2D eigenvalue weighted by molar-refractivity contribution is 5.32. The Bertz CT molecular complexity index is 459. The summed E-state index contributed by atoms with van der Waals surface area (Å²) < 4.78 is 10.6. The third kappa shape index (κ3) is 2.09. The van der Waals surface area contributed by atoms with Gasteiger partial charge in [-0.2, -0.15) is 0 Å². The van der Waals surface area contributed by atoms with Gasteiger partial charge >= 0.3 is 0 Å². The van der Waals surface area contributed by atoms with Gasteiger partial charge in [0.05, 0.1) is 13.2 Å². The summed E-state index contributed by atoms with van der Waals surface area (Å²) in [5.74, 6) is 2.48. The van der Waals surface area contributed by atoms with Gasteiger partial charge in [0.15, 0.2) is 0 Å². The van der Waals surface area contributed by atoms with Gasteiger partial charge in [0.1, 0.15) is 17.3 Å². The lowest BCUT2D eigenvalue weighted by atomic mass is 10.1. The van der Waals surface area contributed by atoms with Crippen molar-refractivity contribution < 1.29 is 9.15 Å². The van der Waals surface area contributed by atoms with E-state index in [1.807, 2.05) is 43.3 Å². The van der Waals surface area contributed by atoms with Gasteiger partial charge in [-0.1, -0.05) is 12.1 Å². The Morgan fingerprint density at radius 3 is 2.31 bits per heavy atom. The van der Waals surface area contributed by atoms with Crippen molar-refractivity contribution in [3.05, 3.63) is 53.5 Å². The van der Waals surface area contributed by atoms with Crippen LogP contribution in [0.25, 0.3) is 0 Å². The number of aryl methyl sites for hydroxylation is 1. The van der Waals surface area contributed by atoms with E-state index in [1.165, 1.54) is 0 Å². The summed E-state index contributed by atoms with van der Waals surface area (Å²) in [5.41, 5.74) is 7.10. The molecule has 1 atom stereocenters. The summed E-state index contributed by atoms with van der Waals surface area (Å²) in [7, 11) is 1.64. The molecule has 0 saturated carbocycles. The summed E-state index contributed by atoms with van der Waals surface area (Å²) in [6.45, 7) is 1.91. The summed E-state index contributed by atoms with van der Waals surface area (Å²) in [6.07, 6.45) is 0. The molecule has 0 fully saturated rings. The molecular formula is C13H15NO2. The molecule has 3 nitrogen and oxygen atoms in total. The largest absolute Gasteiger partial charge is 0.497 e. The second-order valence-corrected chi connectivity index (χ2v) is 3.70. The van der Waals surface area contributed by atoms with Crippen molar-refractivity contribution >= 4 is 0 Å². The number of benzene rings is 1. The normalized spacial score (nSPS) is 12.4. The fourth-order valence-corrected chi connectivity index (χ4v) is 1.60. The Labute approximate surface area is 94.8 Å². The van der Waals surface area contributed by atoms with Crippen LogP contribution in [0.2, 0.25) is 0 Å². The molecule has 0 spiro atoms. The molecule has 1 heterocycles. The first kappa shape index (κ1) is 10.8. The topological polar surface area (TPSA) is 48.4 Å². The lowest BCUT2D eigenvalue weighted by Gasteiger charge is -2.09. The van der Waals surface area contributed by atoms with Gasteiger partial charge in [0.2, 0.25) is 0 Å². The molecule has 3 heteroatoms. The molecule has 2 N–H and O–H groups in total. The third-order valence-electron chi connectivity index (χ3n) is 2.54. The van der Waals surface area contributed by atoms with E-state index in [1.54, 1.807) is 7.11 Å². The van der Waals surface area contributed by atoms with Crippen LogP contribution in [0.1, 0.15) is 23.1 Å². The second kappa shape index (κ2) is 4.41. The first-order chi connectivity index (χ1) is 7.70. The number of ether oxygens (including phenoxy) is 1. The standard InChI is InChI=1S/C13H15NO2/c1-9-3-8-12(16-9)13(14)10-4-6-11(15-2)7-5-10/h3-8,13H,14H2,1-2H3. The van der Waals surface area contributed by atoms with Crippen molar-refractivity contribution in [2.45, 2.75) is 13.0 Å². The number of hydrogen-bond donors (Lipinski definition) is 1. The number of rotatable bonds is 3. The fraction of sp³-hybridized carbons (Fsp3) is 0.231. The van der Waals surface area contributed by atoms with Gasteiger partial charge in [0, 0.05) is 0 Å². The maximum Gasteiger partial charge on any atom is 0.125 e. The predicted octanol–water partition coefficient (Wildman–Crippen LogP) is 2.64. The van der Waals surface area contributed by atoms with Gasteiger partial charge < -0.3 is 14.9 Å². The van der Waals surface area contributed by atoms with E-state index in [0.717, 1.165) is 22.8 Å².